The van der Waals surface area contributed by atoms with Crippen LogP contribution in [0.25, 0.3) is 5.69 Å². The predicted octanol–water partition coefficient (Wildman–Crippen LogP) is 4.24. The van der Waals surface area contributed by atoms with E-state index < -0.39 is 27.8 Å². The van der Waals surface area contributed by atoms with Crippen molar-refractivity contribution < 1.29 is 26.3 Å². The van der Waals surface area contributed by atoms with Crippen LogP contribution in [-0.2, 0) is 16.0 Å². The molecular formula is C16H11BrF3N3O3S. The first-order valence-electron chi connectivity index (χ1n) is 7.32. The van der Waals surface area contributed by atoms with Gasteiger partial charge in [-0.2, -0.15) is 22.8 Å². The largest absolute Gasteiger partial charge is 0.453 e. The maximum absolute atomic E-state index is 13.0. The van der Waals surface area contributed by atoms with Gasteiger partial charge in [0.15, 0.2) is 9.84 Å². The van der Waals surface area contributed by atoms with E-state index in [1.165, 1.54) is 24.3 Å². The molecular weight excluding hydrogens is 451 g/mol. The van der Waals surface area contributed by atoms with Crippen LogP contribution in [-0.4, -0.2) is 29.4 Å². The average Bonchev–Trinajstić information content (AvgIpc) is 3.00. The van der Waals surface area contributed by atoms with Crippen LogP contribution >= 0.6 is 15.9 Å². The number of hydrogen-bond acceptors (Lipinski definition) is 5. The van der Waals surface area contributed by atoms with Crippen LogP contribution in [0.5, 0.6) is 11.8 Å². The lowest BCUT2D eigenvalue weighted by molar-refractivity contribution is -0.144. The van der Waals surface area contributed by atoms with Crippen LogP contribution in [0.1, 0.15) is 5.82 Å². The molecule has 0 atom stereocenters. The second-order valence-corrected chi connectivity index (χ2v) is 8.38. The Morgan fingerprint density at radius 3 is 2.15 bits per heavy atom. The molecule has 0 amide bonds. The quantitative estimate of drug-likeness (QED) is 0.580. The highest BCUT2D eigenvalue weighted by Gasteiger charge is 2.38. The van der Waals surface area contributed by atoms with E-state index in [1.54, 1.807) is 24.3 Å². The van der Waals surface area contributed by atoms with Gasteiger partial charge in [-0.15, -0.1) is 5.10 Å². The van der Waals surface area contributed by atoms with E-state index in [0.717, 1.165) is 15.4 Å². The van der Waals surface area contributed by atoms with Gasteiger partial charge in [0.05, 0.1) is 10.6 Å². The third-order valence-corrected chi connectivity index (χ3v) is 5.02. The van der Waals surface area contributed by atoms with E-state index in [-0.39, 0.29) is 16.3 Å². The number of alkyl halides is 3. The van der Waals surface area contributed by atoms with Gasteiger partial charge in [0.1, 0.15) is 5.75 Å². The zero-order valence-electron chi connectivity index (χ0n) is 13.6. The van der Waals surface area contributed by atoms with E-state index in [4.69, 9.17) is 4.74 Å². The Kier molecular flexibility index (Phi) is 5.00. The second kappa shape index (κ2) is 6.97. The first-order valence-corrected chi connectivity index (χ1v) is 10.0. The maximum atomic E-state index is 13.0. The average molecular weight is 462 g/mol. The fourth-order valence-corrected chi connectivity index (χ4v) is 2.99. The van der Waals surface area contributed by atoms with Crippen molar-refractivity contribution in [2.75, 3.05) is 6.26 Å². The summed E-state index contributed by atoms with van der Waals surface area (Å²) in [5, 5.41) is 3.45. The molecule has 0 bridgehead atoms. The maximum Gasteiger partial charge on any atom is 0.453 e. The molecule has 0 aliphatic carbocycles. The van der Waals surface area contributed by atoms with Crippen molar-refractivity contribution >= 4 is 25.8 Å². The lowest BCUT2D eigenvalue weighted by Gasteiger charge is -2.08. The van der Waals surface area contributed by atoms with E-state index in [1.807, 2.05) is 0 Å². The molecule has 27 heavy (non-hydrogen) atoms. The van der Waals surface area contributed by atoms with Crippen molar-refractivity contribution in [2.24, 2.45) is 0 Å². The first kappa shape index (κ1) is 19.4. The summed E-state index contributed by atoms with van der Waals surface area (Å²) in [5.74, 6) is -1.12. The standard InChI is InChI=1S/C16H11BrF3N3O3S/c1-27(24,25)13-8-4-11(5-9-13)23-15(21-14(22-23)16(18,19)20)26-12-6-2-10(17)3-7-12/h2-9H,1H3. The van der Waals surface area contributed by atoms with E-state index in [2.05, 4.69) is 26.0 Å². The number of rotatable bonds is 4. The molecule has 0 radical (unpaired) electrons. The third-order valence-electron chi connectivity index (χ3n) is 3.36. The van der Waals surface area contributed by atoms with Gasteiger partial charge in [-0.05, 0) is 48.5 Å². The zero-order valence-corrected chi connectivity index (χ0v) is 16.0. The molecule has 11 heteroatoms. The number of aromatic nitrogens is 3. The summed E-state index contributed by atoms with van der Waals surface area (Å²) < 4.78 is 69.2. The van der Waals surface area contributed by atoms with Crippen molar-refractivity contribution in [3.8, 4) is 17.4 Å². The molecule has 0 unspecified atom stereocenters. The van der Waals surface area contributed by atoms with Crippen molar-refractivity contribution in [1.29, 1.82) is 0 Å². The van der Waals surface area contributed by atoms with Crippen molar-refractivity contribution in [1.82, 2.24) is 14.8 Å². The molecule has 0 aliphatic heterocycles. The van der Waals surface area contributed by atoms with Gasteiger partial charge in [0.25, 0.3) is 5.82 Å². The molecule has 142 valence electrons. The minimum atomic E-state index is -4.77. The Morgan fingerprint density at radius 1 is 1.04 bits per heavy atom. The molecule has 1 aromatic heterocycles. The lowest BCUT2D eigenvalue weighted by atomic mass is 10.3. The third kappa shape index (κ3) is 4.48. The Labute approximate surface area is 160 Å². The number of hydrogen-bond donors (Lipinski definition) is 0. The molecule has 0 N–H and O–H groups in total. The van der Waals surface area contributed by atoms with E-state index >= 15 is 0 Å². The number of sulfone groups is 1. The van der Waals surface area contributed by atoms with E-state index in [9.17, 15) is 21.6 Å². The summed E-state index contributed by atoms with van der Waals surface area (Å²) in [4.78, 5) is 3.45. The highest BCUT2D eigenvalue weighted by molar-refractivity contribution is 9.10. The predicted molar refractivity (Wildman–Crippen MR) is 93.7 cm³/mol. The van der Waals surface area contributed by atoms with Gasteiger partial charge in [0.2, 0.25) is 0 Å². The molecule has 0 saturated carbocycles. The Morgan fingerprint density at radius 2 is 1.63 bits per heavy atom. The summed E-state index contributed by atoms with van der Waals surface area (Å²) in [6.45, 7) is 0. The first-order chi connectivity index (χ1) is 12.5. The van der Waals surface area contributed by atoms with Crippen LogP contribution in [0.15, 0.2) is 57.9 Å². The van der Waals surface area contributed by atoms with Gasteiger partial charge in [-0.3, -0.25) is 0 Å². The van der Waals surface area contributed by atoms with Crippen LogP contribution in [0.2, 0.25) is 0 Å². The summed E-state index contributed by atoms with van der Waals surface area (Å²) in [6.07, 6.45) is -3.74. The molecule has 0 fully saturated rings. The fourth-order valence-electron chi connectivity index (χ4n) is 2.09. The molecule has 0 spiro atoms. The number of ether oxygens (including phenoxy) is 1. The minimum absolute atomic E-state index is 0.0257. The molecule has 0 aliphatic rings. The monoisotopic (exact) mass is 461 g/mol. The number of nitrogens with zero attached hydrogens (tertiary/aromatic N) is 3. The lowest BCUT2D eigenvalue weighted by Crippen LogP contribution is -2.08. The molecule has 0 saturated heterocycles. The van der Waals surface area contributed by atoms with Gasteiger partial charge >= 0.3 is 12.2 Å². The van der Waals surface area contributed by atoms with Crippen LogP contribution < -0.4 is 4.74 Å². The van der Waals surface area contributed by atoms with Crippen LogP contribution in [0, 0.1) is 0 Å². The highest BCUT2D eigenvalue weighted by atomic mass is 79.9. The smallest absolute Gasteiger partial charge is 0.424 e. The topological polar surface area (TPSA) is 74.1 Å². The van der Waals surface area contributed by atoms with Crippen LogP contribution in [0.4, 0.5) is 13.2 Å². The Balaban J connectivity index is 2.05. The normalized spacial score (nSPS) is 12.2. The molecule has 3 rings (SSSR count). The molecule has 2 aromatic carbocycles. The van der Waals surface area contributed by atoms with E-state index in [0.29, 0.717) is 0 Å². The second-order valence-electron chi connectivity index (χ2n) is 5.45. The molecule has 6 nitrogen and oxygen atoms in total. The fraction of sp³-hybridized carbons (Fsp3) is 0.125. The molecule has 3 aromatic rings. The van der Waals surface area contributed by atoms with Crippen molar-refractivity contribution in [3.05, 3.63) is 58.8 Å². The van der Waals surface area contributed by atoms with Crippen molar-refractivity contribution in [2.45, 2.75) is 11.1 Å². The Hall–Kier alpha value is -2.40. The van der Waals surface area contributed by atoms with Gasteiger partial charge in [-0.1, -0.05) is 15.9 Å². The van der Waals surface area contributed by atoms with Gasteiger partial charge in [-0.25, -0.2) is 8.42 Å². The summed E-state index contributed by atoms with van der Waals surface area (Å²) >= 11 is 3.25. The summed E-state index contributed by atoms with van der Waals surface area (Å²) in [6, 6.07) is 11.2. The number of benzene rings is 2. The van der Waals surface area contributed by atoms with Crippen molar-refractivity contribution in [3.63, 3.8) is 0 Å². The number of halogens is 4. The Bertz CT molecular complexity index is 1060. The minimum Gasteiger partial charge on any atom is -0.424 e. The van der Waals surface area contributed by atoms with Gasteiger partial charge < -0.3 is 4.74 Å². The summed E-state index contributed by atoms with van der Waals surface area (Å²) in [7, 11) is -3.44. The molecule has 1 heterocycles. The van der Waals surface area contributed by atoms with Crippen LogP contribution in [0.3, 0.4) is 0 Å². The SMILES string of the molecule is CS(=O)(=O)c1ccc(-n2nc(C(F)(F)F)nc2Oc2ccc(Br)cc2)cc1. The summed E-state index contributed by atoms with van der Waals surface area (Å²) in [5.41, 5.74) is 0.164. The highest BCUT2D eigenvalue weighted by Crippen LogP contribution is 2.31. The zero-order chi connectivity index (χ0) is 19.8. The van der Waals surface area contributed by atoms with Gasteiger partial charge in [0, 0.05) is 10.7 Å².